The minimum atomic E-state index is -1.41. The molecule has 0 spiro atoms. The van der Waals surface area contributed by atoms with Gasteiger partial charge in [0.1, 0.15) is 11.2 Å². The molecule has 0 fully saturated rings. The van der Waals surface area contributed by atoms with Gasteiger partial charge in [-0.05, 0) is 118 Å². The van der Waals surface area contributed by atoms with Crippen molar-refractivity contribution >= 4 is 56.1 Å². The lowest BCUT2D eigenvalue weighted by Crippen LogP contribution is -2.28. The van der Waals surface area contributed by atoms with Gasteiger partial charge in [0.25, 0.3) is 0 Å². The summed E-state index contributed by atoms with van der Waals surface area (Å²) >= 11 is 0. The summed E-state index contributed by atoms with van der Waals surface area (Å²) in [6, 6.07) is 74.6. The summed E-state index contributed by atoms with van der Waals surface area (Å²) in [5, 5.41) is 1.89. The number of hydrogen-bond acceptors (Lipinski definition) is 3. The van der Waals surface area contributed by atoms with Crippen LogP contribution in [0.5, 0.6) is 0 Å². The lowest BCUT2D eigenvalue weighted by atomic mass is 9.67. The van der Waals surface area contributed by atoms with E-state index in [4.69, 9.17) is 8.53 Å². The molecule has 1 heterocycles. The summed E-state index contributed by atoms with van der Waals surface area (Å²) in [5.74, 6) is 0. The van der Waals surface area contributed by atoms with E-state index >= 15 is 0 Å². The highest BCUT2D eigenvalue weighted by atomic mass is 16.3. The molecule has 1 aromatic heterocycles. The number of rotatable bonds is 9. The van der Waals surface area contributed by atoms with Crippen LogP contribution < -0.4 is 9.80 Å². The van der Waals surface area contributed by atoms with E-state index in [1.807, 2.05) is 103 Å². The first kappa shape index (κ1) is 32.3. The van der Waals surface area contributed by atoms with Crippen molar-refractivity contribution in [1.29, 1.82) is 0 Å². The Morgan fingerprint density at radius 1 is 0.359 bits per heavy atom. The fraction of sp³-hybridized carbons (Fsp3) is 0.0164. The van der Waals surface area contributed by atoms with Gasteiger partial charge in [0.2, 0.25) is 0 Å². The summed E-state index contributed by atoms with van der Waals surface area (Å²) in [5.41, 5.74) is 11.9. The summed E-state index contributed by atoms with van der Waals surface area (Å²) in [6.07, 6.45) is 0. The summed E-state index contributed by atoms with van der Waals surface area (Å²) in [6.45, 7) is 0. The van der Waals surface area contributed by atoms with Crippen LogP contribution in [-0.4, -0.2) is 0 Å². The Labute approximate surface area is 380 Å². The van der Waals surface area contributed by atoms with Crippen LogP contribution in [0.1, 0.15) is 29.1 Å². The monoisotopic (exact) mass is 823 g/mol. The predicted octanol–water partition coefficient (Wildman–Crippen LogP) is 16.6. The van der Waals surface area contributed by atoms with E-state index in [1.54, 1.807) is 0 Å². The molecule has 1 aliphatic rings. The minimum Gasteiger partial charge on any atom is -0.456 e. The molecular weight excluding hydrogens is 777 g/mol. The van der Waals surface area contributed by atoms with Crippen LogP contribution in [0.2, 0.25) is 0 Å². The van der Waals surface area contributed by atoms with Crippen molar-refractivity contribution in [2.75, 3.05) is 9.80 Å². The van der Waals surface area contributed by atoms with Crippen molar-refractivity contribution < 1.29 is 11.3 Å². The topological polar surface area (TPSA) is 19.6 Å². The van der Waals surface area contributed by atoms with Gasteiger partial charge in [-0.2, -0.15) is 0 Å². The van der Waals surface area contributed by atoms with Gasteiger partial charge in [0.15, 0.2) is 0 Å². The number of hydrogen-bond donors (Lipinski definition) is 0. The second-order valence-electron chi connectivity index (χ2n) is 16.1. The van der Waals surface area contributed by atoms with Crippen LogP contribution in [-0.2, 0) is 5.41 Å². The molecule has 3 nitrogen and oxygen atoms in total. The largest absolute Gasteiger partial charge is 0.456 e. The van der Waals surface area contributed by atoms with E-state index in [1.165, 1.54) is 0 Å². The van der Waals surface area contributed by atoms with Crippen LogP contribution in [0.4, 0.5) is 34.1 Å². The molecule has 0 saturated heterocycles. The highest BCUT2D eigenvalue weighted by Crippen LogP contribution is 2.59. The molecule has 0 aliphatic heterocycles. The van der Waals surface area contributed by atoms with Gasteiger partial charge in [0.05, 0.1) is 18.0 Å². The van der Waals surface area contributed by atoms with Crippen molar-refractivity contribution in [1.82, 2.24) is 0 Å². The lowest BCUT2D eigenvalue weighted by Gasteiger charge is -2.34. The van der Waals surface area contributed by atoms with Gasteiger partial charge < -0.3 is 14.2 Å². The zero-order chi connectivity index (χ0) is 46.8. The first-order valence-electron chi connectivity index (χ1n) is 24.0. The summed E-state index contributed by atoms with van der Waals surface area (Å²) in [4.78, 5) is 4.50. The minimum absolute atomic E-state index is 0.168. The molecule has 11 aromatic rings. The molecule has 0 N–H and O–H groups in total. The average Bonchev–Trinajstić information content (AvgIpc) is 3.92. The van der Waals surface area contributed by atoms with Gasteiger partial charge in [-0.25, -0.2) is 0 Å². The van der Waals surface area contributed by atoms with E-state index in [9.17, 15) is 2.74 Å². The molecule has 0 radical (unpaired) electrons. The Morgan fingerprint density at radius 2 is 0.875 bits per heavy atom. The Balaban J connectivity index is 1.20. The van der Waals surface area contributed by atoms with Crippen molar-refractivity contribution in [3.63, 3.8) is 0 Å². The first-order chi connectivity index (χ1) is 33.8. The van der Waals surface area contributed by atoms with E-state index < -0.39 is 23.5 Å². The number of para-hydroxylation sites is 5. The van der Waals surface area contributed by atoms with Gasteiger partial charge >= 0.3 is 0 Å². The Morgan fingerprint density at radius 3 is 1.52 bits per heavy atom. The van der Waals surface area contributed by atoms with E-state index in [-0.39, 0.29) is 17.6 Å². The molecule has 1 atom stereocenters. The maximum atomic E-state index is 9.77. The number of fused-ring (bicyclic) bond motifs is 6. The molecule has 302 valence electrons. The maximum Gasteiger partial charge on any atom is 0.135 e. The fourth-order valence-corrected chi connectivity index (χ4v) is 9.84. The number of furan rings is 1. The number of anilines is 6. The zero-order valence-corrected chi connectivity index (χ0v) is 34.7. The smallest absolute Gasteiger partial charge is 0.135 e. The lowest BCUT2D eigenvalue weighted by molar-refractivity contribution is 0.665. The van der Waals surface area contributed by atoms with Crippen molar-refractivity contribution in [2.45, 2.75) is 5.41 Å². The van der Waals surface area contributed by atoms with E-state index in [0.29, 0.717) is 11.1 Å². The van der Waals surface area contributed by atoms with Crippen LogP contribution in [0.25, 0.3) is 44.2 Å². The Bertz CT molecular complexity index is 3680. The molecule has 12 rings (SSSR count). The predicted molar refractivity (Wildman–Crippen MR) is 266 cm³/mol. The highest BCUT2D eigenvalue weighted by molar-refractivity contribution is 6.05. The first-order valence-corrected chi connectivity index (χ1v) is 21.5. The molecule has 10 aromatic carbocycles. The Kier molecular flexibility index (Phi) is 7.83. The van der Waals surface area contributed by atoms with Gasteiger partial charge in [0, 0.05) is 44.8 Å². The third-order valence-corrected chi connectivity index (χ3v) is 12.6. The SMILES string of the molecule is [2H]c1c([2H])c([2H])c(C2(c3ccc4c(c3)oc3ccccc34)c3ccc(N(c4ccccc4)c4ccccc4)cc3-c3cc(N(c4ccccc4)c4ccccc4-c4ccccc4)ccc32)c([2H])c1[2H]. The Hall–Kier alpha value is -8.40. The normalized spacial score (nSPS) is 15.1. The number of nitrogens with zero attached hydrogens (tertiary/aromatic N) is 2. The van der Waals surface area contributed by atoms with E-state index in [0.717, 1.165) is 83.9 Å². The quantitative estimate of drug-likeness (QED) is 0.145. The molecule has 0 saturated carbocycles. The molecule has 1 aliphatic carbocycles. The standard InChI is InChI=1S/C61H42N2O/c1-6-20-43(21-7-1)51-30-16-18-32-58(51)63(48-28-14-5-15-29-48)50-36-39-57-55(42-50)54-41-49(62(46-24-10-3-11-25-46)47-26-12-4-13-27-47)35-38-56(54)61(57,44-22-8-2-9-23-44)45-34-37-53-52-31-17-19-33-59(52)64-60(53)40-45/h1-42H/i2D,8D,9D,22D,23D. The van der Waals surface area contributed by atoms with Gasteiger partial charge in [-0.3, -0.25) is 0 Å². The van der Waals surface area contributed by atoms with Crippen LogP contribution in [0.15, 0.2) is 259 Å². The third kappa shape index (κ3) is 6.05. The molecule has 64 heavy (non-hydrogen) atoms. The van der Waals surface area contributed by atoms with Crippen molar-refractivity contribution in [3.8, 4) is 22.3 Å². The van der Waals surface area contributed by atoms with E-state index in [2.05, 4.69) is 131 Å². The average molecular weight is 824 g/mol. The van der Waals surface area contributed by atoms with Crippen LogP contribution in [0.3, 0.4) is 0 Å². The molecule has 1 unspecified atom stereocenters. The third-order valence-electron chi connectivity index (χ3n) is 12.6. The molecule has 0 amide bonds. The fourth-order valence-electron chi connectivity index (χ4n) is 9.84. The van der Waals surface area contributed by atoms with Crippen LogP contribution in [0, 0.1) is 0 Å². The van der Waals surface area contributed by atoms with Crippen molar-refractivity contribution in [3.05, 3.63) is 277 Å². The second-order valence-corrected chi connectivity index (χ2v) is 16.1. The summed E-state index contributed by atoms with van der Waals surface area (Å²) in [7, 11) is 0. The summed E-state index contributed by atoms with van der Waals surface area (Å²) < 4.78 is 53.2. The van der Waals surface area contributed by atoms with Crippen LogP contribution >= 0.6 is 0 Å². The molecule has 3 heteroatoms. The van der Waals surface area contributed by atoms with Crippen molar-refractivity contribution in [2.24, 2.45) is 0 Å². The molecular formula is C61H42N2O. The second kappa shape index (κ2) is 15.5. The highest BCUT2D eigenvalue weighted by Gasteiger charge is 2.47. The van der Waals surface area contributed by atoms with Gasteiger partial charge in [-0.1, -0.05) is 176 Å². The molecule has 0 bridgehead atoms. The zero-order valence-electron chi connectivity index (χ0n) is 39.7. The maximum absolute atomic E-state index is 9.77. The number of benzene rings is 10. The van der Waals surface area contributed by atoms with Gasteiger partial charge in [-0.15, -0.1) is 0 Å².